The van der Waals surface area contributed by atoms with Gasteiger partial charge in [-0.15, -0.1) is 0 Å². The third-order valence-electron chi connectivity index (χ3n) is 5.46. The number of fused-ring (bicyclic) bond motifs is 3. The van der Waals surface area contributed by atoms with E-state index >= 15 is 0 Å². The Kier molecular flexibility index (Phi) is 4.29. The van der Waals surface area contributed by atoms with E-state index in [1.807, 2.05) is 0 Å². The molecule has 0 radical (unpaired) electrons. The maximum absolute atomic E-state index is 13.8. The summed E-state index contributed by atoms with van der Waals surface area (Å²) in [5.41, 5.74) is 0.343. The molecule has 26 heavy (non-hydrogen) atoms. The lowest BCUT2D eigenvalue weighted by molar-refractivity contribution is -0.137. The van der Waals surface area contributed by atoms with Crippen molar-refractivity contribution in [3.63, 3.8) is 0 Å². The number of halogens is 5. The molecule has 1 fully saturated rings. The predicted molar refractivity (Wildman–Crippen MR) is 86.8 cm³/mol. The largest absolute Gasteiger partial charge is 0.416 e. The van der Waals surface area contributed by atoms with Crippen LogP contribution in [0.4, 0.5) is 27.6 Å². The number of hydrogen-bond donors (Lipinski definition) is 1. The molecule has 1 N–H and O–H groups in total. The Hall–Kier alpha value is -1.89. The van der Waals surface area contributed by atoms with Gasteiger partial charge in [0, 0.05) is 42.2 Å². The van der Waals surface area contributed by atoms with Gasteiger partial charge in [-0.05, 0) is 37.1 Å². The smallest absolute Gasteiger partial charge is 0.381 e. The minimum atomic E-state index is -4.42. The van der Waals surface area contributed by atoms with Crippen LogP contribution in [-0.2, 0) is 10.9 Å². The molecule has 1 unspecified atom stereocenters. The number of nitrogens with one attached hydrogen (secondary N) is 1. The van der Waals surface area contributed by atoms with Crippen molar-refractivity contribution >= 4 is 5.69 Å². The number of hydrogen-bond acceptors (Lipinski definition) is 2. The lowest BCUT2D eigenvalue weighted by Crippen LogP contribution is -2.45. The zero-order valence-electron chi connectivity index (χ0n) is 13.8. The molecule has 7 heteroatoms. The average Bonchev–Trinajstić information content (AvgIpc) is 2.62. The number of benzene rings is 1. The monoisotopic (exact) mass is 371 g/mol. The van der Waals surface area contributed by atoms with Gasteiger partial charge in [-0.2, -0.15) is 13.2 Å². The van der Waals surface area contributed by atoms with Crippen LogP contribution in [0.15, 0.2) is 42.0 Å². The van der Waals surface area contributed by atoms with Crippen molar-refractivity contribution in [3.05, 3.63) is 53.1 Å². The first-order valence-electron chi connectivity index (χ1n) is 8.66. The standard InChI is InChI=1S/C19H18F5NO/c20-14-5-3-10(8-15(14)21)17-12-2-1-7-26-18(12)13-9-11(19(22,23)24)4-6-16(13)25-17/h3-6,9-10,12,17-18,25H,1-2,7-8H2/t10?,12-,17-,18-/m0/s1. The van der Waals surface area contributed by atoms with Crippen LogP contribution in [0.3, 0.4) is 0 Å². The molecule has 2 heterocycles. The van der Waals surface area contributed by atoms with Crippen molar-refractivity contribution in [1.82, 2.24) is 0 Å². The highest BCUT2D eigenvalue weighted by Gasteiger charge is 2.43. The molecule has 2 aliphatic heterocycles. The average molecular weight is 371 g/mol. The fraction of sp³-hybridized carbons (Fsp3) is 0.474. The summed E-state index contributed by atoms with van der Waals surface area (Å²) in [6.07, 6.45) is -0.637. The number of rotatable bonds is 1. The molecule has 0 amide bonds. The molecule has 1 aromatic rings. The van der Waals surface area contributed by atoms with Gasteiger partial charge < -0.3 is 10.1 Å². The van der Waals surface area contributed by atoms with Gasteiger partial charge in [0.15, 0.2) is 5.83 Å². The summed E-state index contributed by atoms with van der Waals surface area (Å²) < 4.78 is 72.1. The molecule has 0 bridgehead atoms. The predicted octanol–water partition coefficient (Wildman–Crippen LogP) is 5.69. The van der Waals surface area contributed by atoms with E-state index in [1.165, 1.54) is 6.07 Å². The molecule has 1 saturated heterocycles. The van der Waals surface area contributed by atoms with Crippen LogP contribution in [0.5, 0.6) is 0 Å². The van der Waals surface area contributed by atoms with Gasteiger partial charge in [0.1, 0.15) is 5.83 Å². The Morgan fingerprint density at radius 3 is 2.69 bits per heavy atom. The molecule has 0 aromatic heterocycles. The van der Waals surface area contributed by atoms with Crippen molar-refractivity contribution in [1.29, 1.82) is 0 Å². The van der Waals surface area contributed by atoms with Gasteiger partial charge in [0.05, 0.1) is 11.7 Å². The van der Waals surface area contributed by atoms with Gasteiger partial charge in [-0.25, -0.2) is 8.78 Å². The van der Waals surface area contributed by atoms with E-state index in [2.05, 4.69) is 5.32 Å². The van der Waals surface area contributed by atoms with Crippen LogP contribution in [0.1, 0.15) is 36.5 Å². The van der Waals surface area contributed by atoms with E-state index in [9.17, 15) is 22.0 Å². The summed E-state index contributed by atoms with van der Waals surface area (Å²) in [7, 11) is 0. The normalized spacial score (nSPS) is 31.3. The van der Waals surface area contributed by atoms with Gasteiger partial charge in [0.2, 0.25) is 0 Å². The first-order valence-corrected chi connectivity index (χ1v) is 8.66. The van der Waals surface area contributed by atoms with Gasteiger partial charge in [-0.1, -0.05) is 6.08 Å². The summed E-state index contributed by atoms with van der Waals surface area (Å²) in [5, 5.41) is 3.27. The topological polar surface area (TPSA) is 21.3 Å². The van der Waals surface area contributed by atoms with Crippen molar-refractivity contribution in [2.75, 3.05) is 11.9 Å². The van der Waals surface area contributed by atoms with E-state index in [0.717, 1.165) is 31.1 Å². The molecule has 4 atom stereocenters. The maximum atomic E-state index is 13.8. The highest BCUT2D eigenvalue weighted by molar-refractivity contribution is 5.58. The van der Waals surface area contributed by atoms with Crippen molar-refractivity contribution < 1.29 is 26.7 Å². The zero-order valence-corrected chi connectivity index (χ0v) is 13.8. The molecule has 1 aliphatic carbocycles. The third-order valence-corrected chi connectivity index (χ3v) is 5.46. The summed E-state index contributed by atoms with van der Waals surface area (Å²) >= 11 is 0. The Morgan fingerprint density at radius 2 is 1.96 bits per heavy atom. The maximum Gasteiger partial charge on any atom is 0.416 e. The lowest BCUT2D eigenvalue weighted by atomic mass is 9.73. The van der Waals surface area contributed by atoms with Gasteiger partial charge >= 0.3 is 6.18 Å². The van der Waals surface area contributed by atoms with Crippen LogP contribution < -0.4 is 5.32 Å². The highest BCUT2D eigenvalue weighted by atomic mass is 19.4. The Morgan fingerprint density at radius 1 is 1.15 bits per heavy atom. The first kappa shape index (κ1) is 17.5. The van der Waals surface area contributed by atoms with Gasteiger partial charge in [0.25, 0.3) is 0 Å². The van der Waals surface area contributed by atoms with E-state index in [4.69, 9.17) is 4.74 Å². The molecule has 0 spiro atoms. The molecule has 4 rings (SSSR count). The Bertz CT molecular complexity index is 770. The van der Waals surface area contributed by atoms with E-state index in [-0.39, 0.29) is 24.3 Å². The third kappa shape index (κ3) is 3.02. The second-order valence-corrected chi connectivity index (χ2v) is 7.05. The number of alkyl halides is 3. The van der Waals surface area contributed by atoms with Crippen molar-refractivity contribution in [2.24, 2.45) is 11.8 Å². The lowest BCUT2D eigenvalue weighted by Gasteiger charge is -2.46. The summed E-state index contributed by atoms with van der Waals surface area (Å²) in [6, 6.07) is 3.35. The van der Waals surface area contributed by atoms with Crippen LogP contribution in [-0.4, -0.2) is 12.6 Å². The molecule has 140 valence electrons. The minimum absolute atomic E-state index is 0.0564. The van der Waals surface area contributed by atoms with Crippen LogP contribution >= 0.6 is 0 Å². The highest BCUT2D eigenvalue weighted by Crippen LogP contribution is 2.48. The Labute approximate surface area is 147 Å². The van der Waals surface area contributed by atoms with Gasteiger partial charge in [-0.3, -0.25) is 0 Å². The SMILES string of the molecule is FC1=C(F)CC([C@@H]2Nc3ccc(C(F)(F)F)cc3[C@H]3OCCC[C@H]32)C=C1. The van der Waals surface area contributed by atoms with Crippen molar-refractivity contribution in [2.45, 2.75) is 37.6 Å². The van der Waals surface area contributed by atoms with Crippen LogP contribution in [0.25, 0.3) is 0 Å². The molecular weight excluding hydrogens is 353 g/mol. The Balaban J connectivity index is 1.69. The van der Waals surface area contributed by atoms with E-state index < -0.39 is 29.5 Å². The van der Waals surface area contributed by atoms with Crippen molar-refractivity contribution in [3.8, 4) is 0 Å². The molecule has 0 saturated carbocycles. The second kappa shape index (κ2) is 6.37. The molecular formula is C19H18F5NO. The molecule has 3 aliphatic rings. The summed E-state index contributed by atoms with van der Waals surface area (Å²) in [6.45, 7) is 0.479. The summed E-state index contributed by atoms with van der Waals surface area (Å²) in [5.74, 6) is -2.02. The number of allylic oxidation sites excluding steroid dienone is 3. The van der Waals surface area contributed by atoms with Crippen LogP contribution in [0, 0.1) is 11.8 Å². The number of anilines is 1. The molecule has 1 aromatic carbocycles. The van der Waals surface area contributed by atoms with Crippen LogP contribution in [0.2, 0.25) is 0 Å². The van der Waals surface area contributed by atoms with E-state index in [1.54, 1.807) is 6.08 Å². The first-order chi connectivity index (χ1) is 12.3. The fourth-order valence-corrected chi connectivity index (χ4v) is 4.23. The quantitative estimate of drug-likeness (QED) is 0.640. The minimum Gasteiger partial charge on any atom is -0.381 e. The second-order valence-electron chi connectivity index (χ2n) is 7.05. The summed E-state index contributed by atoms with van der Waals surface area (Å²) in [4.78, 5) is 0. The number of ether oxygens (including phenoxy) is 1. The van der Waals surface area contributed by atoms with E-state index in [0.29, 0.717) is 17.9 Å². The zero-order chi connectivity index (χ0) is 18.5. The fourth-order valence-electron chi connectivity index (χ4n) is 4.23. The molecule has 2 nitrogen and oxygen atoms in total.